The summed E-state index contributed by atoms with van der Waals surface area (Å²) in [6.45, 7) is 16.0. The normalized spacial score (nSPS) is 12.7. The third-order valence-electron chi connectivity index (χ3n) is 3.23. The fraction of sp³-hybridized carbons (Fsp3) is 0.625. The summed E-state index contributed by atoms with van der Waals surface area (Å²) in [5, 5.41) is 4.99. The molecule has 0 radical (unpaired) electrons. The highest BCUT2D eigenvalue weighted by Gasteiger charge is 2.17. The van der Waals surface area contributed by atoms with E-state index in [1.165, 1.54) is 10.8 Å². The van der Waals surface area contributed by atoms with Crippen molar-refractivity contribution in [2.24, 2.45) is 0 Å². The monoisotopic (exact) mass is 279 g/mol. The first-order valence-electron chi connectivity index (χ1n) is 7.19. The van der Waals surface area contributed by atoms with Gasteiger partial charge in [0.2, 0.25) is 0 Å². The van der Waals surface area contributed by atoms with Crippen LogP contribution in [0.4, 0.5) is 0 Å². The lowest BCUT2D eigenvalue weighted by Crippen LogP contribution is -2.38. The van der Waals surface area contributed by atoms with E-state index in [-0.39, 0.29) is 5.60 Å². The fourth-order valence-electron chi connectivity index (χ4n) is 2.07. The van der Waals surface area contributed by atoms with Crippen LogP contribution in [0.25, 0.3) is 0 Å². The Morgan fingerprint density at radius 1 is 1.11 bits per heavy atom. The molecule has 0 aliphatic heterocycles. The molecule has 0 spiro atoms. The molecule has 19 heavy (non-hydrogen) atoms. The van der Waals surface area contributed by atoms with Crippen molar-refractivity contribution in [2.45, 2.75) is 52.6 Å². The molecule has 0 aliphatic carbocycles. The molecule has 0 aromatic heterocycles. The summed E-state index contributed by atoms with van der Waals surface area (Å²) < 4.78 is 5.67. The second-order valence-electron chi connectivity index (χ2n) is 6.74. The molecule has 0 bridgehead atoms. The van der Waals surface area contributed by atoms with Crippen molar-refractivity contribution in [2.75, 3.05) is 13.2 Å². The van der Waals surface area contributed by atoms with Crippen LogP contribution in [-0.4, -0.2) is 26.8 Å². The maximum absolute atomic E-state index is 5.67. The van der Waals surface area contributed by atoms with Gasteiger partial charge < -0.3 is 10.1 Å². The molecule has 0 saturated heterocycles. The molecule has 2 nitrogen and oxygen atoms in total. The Bertz CT molecular complexity index is 379. The molecule has 108 valence electrons. The Labute approximate surface area is 119 Å². The predicted molar refractivity (Wildman–Crippen MR) is 86.8 cm³/mol. The molecule has 3 heteroatoms. The van der Waals surface area contributed by atoms with Crippen LogP contribution in [0, 0.1) is 0 Å². The minimum absolute atomic E-state index is 0.0903. The van der Waals surface area contributed by atoms with Crippen LogP contribution in [0.2, 0.25) is 19.6 Å². The van der Waals surface area contributed by atoms with E-state index in [4.69, 9.17) is 4.74 Å². The predicted octanol–water partition coefficient (Wildman–Crippen LogP) is 3.14. The van der Waals surface area contributed by atoms with Crippen LogP contribution in [0.1, 0.15) is 26.3 Å². The van der Waals surface area contributed by atoms with E-state index in [1.54, 1.807) is 0 Å². The van der Waals surface area contributed by atoms with Gasteiger partial charge >= 0.3 is 0 Å². The van der Waals surface area contributed by atoms with Gasteiger partial charge in [-0.15, -0.1) is 0 Å². The van der Waals surface area contributed by atoms with Gasteiger partial charge in [-0.3, -0.25) is 0 Å². The highest BCUT2D eigenvalue weighted by molar-refractivity contribution is 6.88. The van der Waals surface area contributed by atoms with Gasteiger partial charge in [0.05, 0.1) is 13.7 Å². The van der Waals surface area contributed by atoms with Crippen molar-refractivity contribution in [3.63, 3.8) is 0 Å². The Balaban J connectivity index is 2.47. The second-order valence-corrected chi connectivity index (χ2v) is 11.8. The van der Waals surface area contributed by atoms with Crippen molar-refractivity contribution in [3.8, 4) is 0 Å². The molecule has 0 aliphatic rings. The molecule has 1 N–H and O–H groups in total. The second kappa shape index (κ2) is 6.68. The third-order valence-corrected chi connectivity index (χ3v) is 5.30. The van der Waals surface area contributed by atoms with Gasteiger partial charge in [0.15, 0.2) is 0 Å². The lowest BCUT2D eigenvalue weighted by Gasteiger charge is -2.25. The molecule has 0 unspecified atom stereocenters. The zero-order valence-electron chi connectivity index (χ0n) is 13.3. The van der Waals surface area contributed by atoms with E-state index >= 15 is 0 Å². The minimum Gasteiger partial charge on any atom is -0.375 e. The van der Waals surface area contributed by atoms with Gasteiger partial charge in [-0.25, -0.2) is 0 Å². The first-order valence-corrected chi connectivity index (χ1v) is 10.7. The zero-order valence-corrected chi connectivity index (χ0v) is 14.3. The lowest BCUT2D eigenvalue weighted by atomic mass is 10.1. The number of ether oxygens (including phenoxy) is 1. The maximum Gasteiger partial charge on any atom is 0.0775 e. The number of hydrogen-bond acceptors (Lipinski definition) is 2. The maximum atomic E-state index is 5.67. The van der Waals surface area contributed by atoms with E-state index in [9.17, 15) is 0 Å². The van der Waals surface area contributed by atoms with Crippen LogP contribution in [0.5, 0.6) is 0 Å². The van der Waals surface area contributed by atoms with Crippen LogP contribution < -0.4 is 10.5 Å². The highest BCUT2D eigenvalue weighted by Crippen LogP contribution is 2.08. The summed E-state index contributed by atoms with van der Waals surface area (Å²) in [6.07, 6.45) is 0. The third kappa shape index (κ3) is 5.89. The zero-order chi connectivity index (χ0) is 14.5. The lowest BCUT2D eigenvalue weighted by molar-refractivity contribution is -0.00897. The number of benzene rings is 1. The topological polar surface area (TPSA) is 21.3 Å². The largest absolute Gasteiger partial charge is 0.375 e. The van der Waals surface area contributed by atoms with Gasteiger partial charge in [-0.05, 0) is 26.3 Å². The molecule has 1 rings (SSSR count). The van der Waals surface area contributed by atoms with E-state index in [0.29, 0.717) is 0 Å². The number of hydrogen-bond donors (Lipinski definition) is 1. The summed E-state index contributed by atoms with van der Waals surface area (Å²) in [7, 11) is -1.17. The van der Waals surface area contributed by atoms with Crippen LogP contribution in [0.15, 0.2) is 24.3 Å². The van der Waals surface area contributed by atoms with E-state index < -0.39 is 8.07 Å². The standard InChI is InChI=1S/C16H29NOSi/c1-7-18-16(2,3)13-17-12-14-8-10-15(11-9-14)19(4,5)6/h8-11,17H,7,12-13H2,1-6H3. The summed E-state index contributed by atoms with van der Waals surface area (Å²) in [4.78, 5) is 0. The highest BCUT2D eigenvalue weighted by atomic mass is 28.3. The SMILES string of the molecule is CCOC(C)(C)CNCc1ccc([Si](C)(C)C)cc1. The Morgan fingerprint density at radius 2 is 1.68 bits per heavy atom. The Hall–Kier alpha value is -0.643. The van der Waals surface area contributed by atoms with Crippen LogP contribution >= 0.6 is 0 Å². The summed E-state index contributed by atoms with van der Waals surface area (Å²) in [5.41, 5.74) is 1.25. The van der Waals surface area contributed by atoms with Crippen molar-refractivity contribution in [1.29, 1.82) is 0 Å². The summed E-state index contributed by atoms with van der Waals surface area (Å²) >= 11 is 0. The summed E-state index contributed by atoms with van der Waals surface area (Å²) in [5.74, 6) is 0. The fourth-order valence-corrected chi connectivity index (χ4v) is 3.24. The quantitative estimate of drug-likeness (QED) is 0.774. The minimum atomic E-state index is -1.17. The van der Waals surface area contributed by atoms with Gasteiger partial charge in [0.1, 0.15) is 0 Å². The Morgan fingerprint density at radius 3 is 2.16 bits per heavy atom. The van der Waals surface area contributed by atoms with Gasteiger partial charge in [-0.2, -0.15) is 0 Å². The molecule has 0 heterocycles. The molecule has 0 atom stereocenters. The molecule has 1 aromatic rings. The number of rotatable bonds is 7. The first-order chi connectivity index (χ1) is 8.74. The average Bonchev–Trinajstić information content (AvgIpc) is 2.28. The molecular weight excluding hydrogens is 250 g/mol. The smallest absolute Gasteiger partial charge is 0.0775 e. The van der Waals surface area contributed by atoms with Crippen LogP contribution in [-0.2, 0) is 11.3 Å². The molecular formula is C16H29NOSi. The van der Waals surface area contributed by atoms with Gasteiger partial charge in [0.25, 0.3) is 0 Å². The van der Waals surface area contributed by atoms with Crippen molar-refractivity contribution >= 4 is 13.3 Å². The van der Waals surface area contributed by atoms with E-state index in [1.807, 2.05) is 6.92 Å². The van der Waals surface area contributed by atoms with Crippen molar-refractivity contribution < 1.29 is 4.74 Å². The molecule has 0 saturated carbocycles. The van der Waals surface area contributed by atoms with E-state index in [2.05, 4.69) is 63.1 Å². The van der Waals surface area contributed by atoms with E-state index in [0.717, 1.165) is 19.7 Å². The molecule has 0 fully saturated rings. The Kier molecular flexibility index (Phi) is 5.77. The first kappa shape index (κ1) is 16.4. The van der Waals surface area contributed by atoms with Crippen molar-refractivity contribution in [1.82, 2.24) is 5.32 Å². The number of nitrogens with one attached hydrogen (secondary N) is 1. The average molecular weight is 279 g/mol. The molecule has 0 amide bonds. The van der Waals surface area contributed by atoms with Crippen molar-refractivity contribution in [3.05, 3.63) is 29.8 Å². The van der Waals surface area contributed by atoms with Gasteiger partial charge in [0, 0.05) is 19.7 Å². The van der Waals surface area contributed by atoms with Gasteiger partial charge in [-0.1, -0.05) is 49.1 Å². The van der Waals surface area contributed by atoms with Crippen LogP contribution in [0.3, 0.4) is 0 Å². The molecule has 1 aromatic carbocycles. The summed E-state index contributed by atoms with van der Waals surface area (Å²) in [6, 6.07) is 9.07.